The molecule has 1 aromatic heterocycles. The number of hydrogen-bond donors (Lipinski definition) is 1. The van der Waals surface area contributed by atoms with Crippen LogP contribution in [0.5, 0.6) is 0 Å². The maximum atomic E-state index is 11.7. The van der Waals surface area contributed by atoms with Gasteiger partial charge in [-0.25, -0.2) is 4.98 Å². The number of likely N-dealkylation sites (N-methyl/N-ethyl adjacent to an activating group) is 1. The fourth-order valence-electron chi connectivity index (χ4n) is 1.33. The van der Waals surface area contributed by atoms with E-state index in [2.05, 4.69) is 15.3 Å². The molecule has 0 bridgehead atoms. The Morgan fingerprint density at radius 3 is 2.62 bits per heavy atom. The van der Waals surface area contributed by atoms with E-state index in [1.54, 1.807) is 25.2 Å². The van der Waals surface area contributed by atoms with Crippen molar-refractivity contribution in [2.45, 2.75) is 26.8 Å². The molecule has 0 aliphatic rings. The number of carbonyl (C=O) groups excluding carboxylic acids is 1. The van der Waals surface area contributed by atoms with E-state index in [1.807, 2.05) is 20.8 Å². The third-order valence-electron chi connectivity index (χ3n) is 2.24. The van der Waals surface area contributed by atoms with Gasteiger partial charge in [-0.05, 0) is 20.8 Å². The number of nitrogens with zero attached hydrogens (tertiary/aromatic N) is 3. The summed E-state index contributed by atoms with van der Waals surface area (Å²) >= 11 is 0. The first kappa shape index (κ1) is 12.4. The predicted octanol–water partition coefficient (Wildman–Crippen LogP) is 0.982. The van der Waals surface area contributed by atoms with Gasteiger partial charge in [0.25, 0.3) is 0 Å². The molecular formula is C11H18N4O. The minimum Gasteiger partial charge on any atom is -0.357 e. The van der Waals surface area contributed by atoms with Crippen molar-refractivity contribution in [1.82, 2.24) is 14.9 Å². The van der Waals surface area contributed by atoms with Crippen LogP contribution >= 0.6 is 0 Å². The Kier molecular flexibility index (Phi) is 3.82. The zero-order chi connectivity index (χ0) is 12.3. The Morgan fingerprint density at radius 1 is 1.44 bits per heavy atom. The van der Waals surface area contributed by atoms with E-state index in [0.717, 1.165) is 11.4 Å². The first-order valence-electron chi connectivity index (χ1n) is 5.19. The molecule has 1 amide bonds. The maximum absolute atomic E-state index is 11.7. The maximum Gasteiger partial charge on any atom is 0.244 e. The number of hydrogen-bond acceptors (Lipinski definition) is 4. The van der Waals surface area contributed by atoms with Crippen molar-refractivity contribution in [1.29, 1.82) is 0 Å². The molecule has 0 radical (unpaired) electrons. The molecule has 0 aromatic carbocycles. The van der Waals surface area contributed by atoms with Crippen LogP contribution in [0, 0.1) is 13.8 Å². The van der Waals surface area contributed by atoms with Crippen LogP contribution in [0.4, 0.5) is 5.82 Å². The first-order valence-corrected chi connectivity index (χ1v) is 5.19. The monoisotopic (exact) mass is 222 g/mol. The third kappa shape index (κ3) is 2.92. The first-order chi connectivity index (χ1) is 7.41. The molecule has 1 heterocycles. The quantitative estimate of drug-likeness (QED) is 0.828. The second kappa shape index (κ2) is 4.92. The van der Waals surface area contributed by atoms with E-state index >= 15 is 0 Å². The lowest BCUT2D eigenvalue weighted by molar-refractivity contribution is -0.129. The summed E-state index contributed by atoms with van der Waals surface area (Å²) in [6.45, 7) is 5.55. The topological polar surface area (TPSA) is 58.1 Å². The molecule has 0 saturated carbocycles. The summed E-state index contributed by atoms with van der Waals surface area (Å²) in [6.07, 6.45) is 1.71. The molecule has 16 heavy (non-hydrogen) atoms. The molecule has 5 nitrogen and oxygen atoms in total. The number of rotatable bonds is 3. The highest BCUT2D eigenvalue weighted by molar-refractivity contribution is 5.83. The average Bonchev–Trinajstić information content (AvgIpc) is 2.22. The van der Waals surface area contributed by atoms with Gasteiger partial charge >= 0.3 is 0 Å². The van der Waals surface area contributed by atoms with Crippen LogP contribution in [-0.2, 0) is 4.79 Å². The molecule has 0 aliphatic heterocycles. The van der Waals surface area contributed by atoms with Crippen LogP contribution in [0.1, 0.15) is 18.3 Å². The van der Waals surface area contributed by atoms with E-state index < -0.39 is 0 Å². The van der Waals surface area contributed by atoms with Crippen molar-refractivity contribution in [3.63, 3.8) is 0 Å². The zero-order valence-corrected chi connectivity index (χ0v) is 10.4. The number of carbonyl (C=O) groups is 1. The van der Waals surface area contributed by atoms with Gasteiger partial charge in [-0.15, -0.1) is 0 Å². The normalized spacial score (nSPS) is 12.1. The number of aromatic nitrogens is 2. The summed E-state index contributed by atoms with van der Waals surface area (Å²) in [6, 6.07) is -0.301. The number of amides is 1. The van der Waals surface area contributed by atoms with Gasteiger partial charge in [-0.3, -0.25) is 9.78 Å². The van der Waals surface area contributed by atoms with Crippen molar-refractivity contribution < 1.29 is 4.79 Å². The Bertz CT molecular complexity index is 390. The summed E-state index contributed by atoms with van der Waals surface area (Å²) in [4.78, 5) is 21.7. The number of aryl methyl sites for hydroxylation is 2. The van der Waals surface area contributed by atoms with Crippen molar-refractivity contribution in [2.24, 2.45) is 0 Å². The second-order valence-electron chi connectivity index (χ2n) is 4.04. The van der Waals surface area contributed by atoms with Crippen LogP contribution in [-0.4, -0.2) is 40.9 Å². The summed E-state index contributed by atoms with van der Waals surface area (Å²) in [5.41, 5.74) is 1.63. The summed E-state index contributed by atoms with van der Waals surface area (Å²) in [5, 5.41) is 3.07. The summed E-state index contributed by atoms with van der Waals surface area (Å²) < 4.78 is 0. The Labute approximate surface area is 95.9 Å². The van der Waals surface area contributed by atoms with Gasteiger partial charge in [-0.1, -0.05) is 0 Å². The van der Waals surface area contributed by atoms with E-state index in [-0.39, 0.29) is 11.9 Å². The molecule has 1 atom stereocenters. The lowest BCUT2D eigenvalue weighted by Crippen LogP contribution is -2.37. The standard InChI is InChI=1S/C11H18N4O/c1-7-6-12-8(2)10(13-7)14-9(3)11(16)15(4)5/h6,9H,1-5H3,(H,13,14). The van der Waals surface area contributed by atoms with Crippen molar-refractivity contribution in [3.05, 3.63) is 17.6 Å². The largest absolute Gasteiger partial charge is 0.357 e. The van der Waals surface area contributed by atoms with Crippen LogP contribution in [0.15, 0.2) is 6.20 Å². The van der Waals surface area contributed by atoms with E-state index in [0.29, 0.717) is 5.82 Å². The molecule has 1 aromatic rings. The molecule has 0 fully saturated rings. The average molecular weight is 222 g/mol. The molecule has 0 saturated heterocycles. The highest BCUT2D eigenvalue weighted by Gasteiger charge is 2.16. The lowest BCUT2D eigenvalue weighted by Gasteiger charge is -2.19. The van der Waals surface area contributed by atoms with E-state index in [4.69, 9.17) is 0 Å². The summed E-state index contributed by atoms with van der Waals surface area (Å²) in [5.74, 6) is 0.686. The fraction of sp³-hybridized carbons (Fsp3) is 0.545. The van der Waals surface area contributed by atoms with E-state index in [9.17, 15) is 4.79 Å². The van der Waals surface area contributed by atoms with E-state index in [1.165, 1.54) is 0 Å². The predicted molar refractivity (Wildman–Crippen MR) is 63.3 cm³/mol. The Hall–Kier alpha value is -1.65. The van der Waals surface area contributed by atoms with Gasteiger partial charge in [0.1, 0.15) is 11.9 Å². The lowest BCUT2D eigenvalue weighted by atomic mass is 10.3. The van der Waals surface area contributed by atoms with Crippen LogP contribution in [0.2, 0.25) is 0 Å². The molecular weight excluding hydrogens is 204 g/mol. The highest BCUT2D eigenvalue weighted by Crippen LogP contribution is 2.10. The van der Waals surface area contributed by atoms with Crippen LogP contribution < -0.4 is 5.32 Å². The Balaban J connectivity index is 2.80. The second-order valence-corrected chi connectivity index (χ2v) is 4.04. The third-order valence-corrected chi connectivity index (χ3v) is 2.24. The van der Waals surface area contributed by atoms with Gasteiger partial charge in [0.05, 0.1) is 11.4 Å². The Morgan fingerprint density at radius 2 is 2.06 bits per heavy atom. The van der Waals surface area contributed by atoms with Crippen molar-refractivity contribution in [3.8, 4) is 0 Å². The molecule has 1 rings (SSSR count). The molecule has 1 N–H and O–H groups in total. The minimum atomic E-state index is -0.301. The van der Waals surface area contributed by atoms with Crippen molar-refractivity contribution >= 4 is 11.7 Å². The van der Waals surface area contributed by atoms with Gasteiger partial charge < -0.3 is 10.2 Å². The van der Waals surface area contributed by atoms with Crippen LogP contribution in [0.25, 0.3) is 0 Å². The van der Waals surface area contributed by atoms with Gasteiger partial charge in [0.2, 0.25) is 5.91 Å². The smallest absolute Gasteiger partial charge is 0.244 e. The van der Waals surface area contributed by atoms with Gasteiger partial charge in [0.15, 0.2) is 0 Å². The van der Waals surface area contributed by atoms with Gasteiger partial charge in [-0.2, -0.15) is 0 Å². The molecule has 88 valence electrons. The van der Waals surface area contributed by atoms with Gasteiger partial charge in [0, 0.05) is 20.3 Å². The zero-order valence-electron chi connectivity index (χ0n) is 10.4. The summed E-state index contributed by atoms with van der Waals surface area (Å²) in [7, 11) is 3.46. The SMILES string of the molecule is Cc1cnc(C)c(NC(C)C(=O)N(C)C)n1. The van der Waals surface area contributed by atoms with Crippen molar-refractivity contribution in [2.75, 3.05) is 19.4 Å². The number of anilines is 1. The van der Waals surface area contributed by atoms with Crippen LogP contribution in [0.3, 0.4) is 0 Å². The molecule has 1 unspecified atom stereocenters. The molecule has 0 aliphatic carbocycles. The highest BCUT2D eigenvalue weighted by atomic mass is 16.2. The minimum absolute atomic E-state index is 0.0164. The molecule has 0 spiro atoms. The fourth-order valence-corrected chi connectivity index (χ4v) is 1.33. The molecule has 5 heteroatoms. The number of nitrogens with one attached hydrogen (secondary N) is 1.